The monoisotopic (exact) mass is 401 g/mol. The molecular formula is C20H23N3O4S. The number of primary amides is 1. The van der Waals surface area contributed by atoms with Gasteiger partial charge in [0.1, 0.15) is 0 Å². The first kappa shape index (κ1) is 20.0. The number of nitrogens with one attached hydrogen (secondary N) is 1. The van der Waals surface area contributed by atoms with Crippen LogP contribution in [0.25, 0.3) is 0 Å². The molecule has 1 atom stereocenters. The second-order valence-electron chi connectivity index (χ2n) is 6.95. The highest BCUT2D eigenvalue weighted by Gasteiger charge is 2.33. The fourth-order valence-electron chi connectivity index (χ4n) is 3.20. The Labute approximate surface area is 164 Å². The van der Waals surface area contributed by atoms with E-state index in [1.165, 1.54) is 16.4 Å². The van der Waals surface area contributed by atoms with Crippen molar-refractivity contribution in [3.8, 4) is 0 Å². The molecule has 0 aromatic heterocycles. The number of anilines is 1. The first-order valence-corrected chi connectivity index (χ1v) is 10.5. The lowest BCUT2D eigenvalue weighted by molar-refractivity contribution is -0.120. The molecule has 0 bridgehead atoms. The molecule has 8 heteroatoms. The van der Waals surface area contributed by atoms with Crippen LogP contribution in [-0.2, 0) is 14.8 Å². The quantitative estimate of drug-likeness (QED) is 0.800. The zero-order valence-electron chi connectivity index (χ0n) is 15.6. The maximum atomic E-state index is 12.9. The fourth-order valence-corrected chi connectivity index (χ4v) is 4.72. The number of amides is 2. The average molecular weight is 401 g/mol. The number of piperidine rings is 1. The molecule has 1 unspecified atom stereocenters. The number of aryl methyl sites for hydroxylation is 1. The second kappa shape index (κ2) is 8.12. The van der Waals surface area contributed by atoms with Gasteiger partial charge in [-0.3, -0.25) is 9.59 Å². The summed E-state index contributed by atoms with van der Waals surface area (Å²) in [5, 5.41) is 2.78. The summed E-state index contributed by atoms with van der Waals surface area (Å²) in [6.45, 7) is 2.43. The van der Waals surface area contributed by atoms with E-state index in [0.29, 0.717) is 30.6 Å². The molecule has 3 rings (SSSR count). The SMILES string of the molecule is Cc1ccc(S(=O)(=O)N2CCCC(C(=O)Nc3ccc(C(N)=O)cc3)C2)cc1. The number of nitrogens with two attached hydrogens (primary N) is 1. The summed E-state index contributed by atoms with van der Waals surface area (Å²) < 4.78 is 27.1. The third-order valence-electron chi connectivity index (χ3n) is 4.85. The molecule has 2 aromatic carbocycles. The van der Waals surface area contributed by atoms with E-state index in [-0.39, 0.29) is 17.3 Å². The molecule has 2 amide bonds. The number of hydrogen-bond acceptors (Lipinski definition) is 4. The fraction of sp³-hybridized carbons (Fsp3) is 0.300. The van der Waals surface area contributed by atoms with E-state index in [1.807, 2.05) is 6.92 Å². The predicted molar refractivity (Wildman–Crippen MR) is 106 cm³/mol. The summed E-state index contributed by atoms with van der Waals surface area (Å²) in [6.07, 6.45) is 1.23. The van der Waals surface area contributed by atoms with Crippen molar-refractivity contribution < 1.29 is 18.0 Å². The van der Waals surface area contributed by atoms with Gasteiger partial charge in [-0.15, -0.1) is 0 Å². The van der Waals surface area contributed by atoms with Gasteiger partial charge in [-0.05, 0) is 56.2 Å². The lowest BCUT2D eigenvalue weighted by Gasteiger charge is -2.31. The van der Waals surface area contributed by atoms with Crippen LogP contribution in [0.5, 0.6) is 0 Å². The first-order valence-electron chi connectivity index (χ1n) is 9.05. The van der Waals surface area contributed by atoms with E-state index in [9.17, 15) is 18.0 Å². The van der Waals surface area contributed by atoms with Crippen molar-refractivity contribution in [3.63, 3.8) is 0 Å². The van der Waals surface area contributed by atoms with E-state index >= 15 is 0 Å². The van der Waals surface area contributed by atoms with Crippen LogP contribution in [0.4, 0.5) is 5.69 Å². The summed E-state index contributed by atoms with van der Waals surface area (Å²) in [5.74, 6) is -1.22. The molecule has 148 valence electrons. The standard InChI is InChI=1S/C20H23N3O4S/c1-14-4-10-18(11-5-14)28(26,27)23-12-2-3-16(13-23)20(25)22-17-8-6-15(7-9-17)19(21)24/h4-11,16H,2-3,12-13H2,1H3,(H2,21,24)(H,22,25). The topological polar surface area (TPSA) is 110 Å². The molecule has 0 radical (unpaired) electrons. The van der Waals surface area contributed by atoms with Crippen LogP contribution in [0.3, 0.4) is 0 Å². The Balaban J connectivity index is 1.69. The van der Waals surface area contributed by atoms with Crippen LogP contribution in [0.15, 0.2) is 53.4 Å². The first-order chi connectivity index (χ1) is 13.3. The summed E-state index contributed by atoms with van der Waals surface area (Å²) in [4.78, 5) is 24.0. The Hall–Kier alpha value is -2.71. The van der Waals surface area contributed by atoms with E-state index in [4.69, 9.17) is 5.73 Å². The molecule has 1 heterocycles. The minimum Gasteiger partial charge on any atom is -0.366 e. The molecule has 28 heavy (non-hydrogen) atoms. The maximum Gasteiger partial charge on any atom is 0.248 e. The van der Waals surface area contributed by atoms with Gasteiger partial charge in [0.05, 0.1) is 10.8 Å². The van der Waals surface area contributed by atoms with Gasteiger partial charge in [-0.2, -0.15) is 4.31 Å². The number of hydrogen-bond donors (Lipinski definition) is 2. The molecule has 0 spiro atoms. The van der Waals surface area contributed by atoms with Gasteiger partial charge in [-0.25, -0.2) is 8.42 Å². The van der Waals surface area contributed by atoms with Gasteiger partial charge < -0.3 is 11.1 Å². The molecule has 0 saturated carbocycles. The van der Waals surface area contributed by atoms with Crippen molar-refractivity contribution in [3.05, 3.63) is 59.7 Å². The molecule has 1 saturated heterocycles. The van der Waals surface area contributed by atoms with Crippen molar-refractivity contribution in [2.75, 3.05) is 18.4 Å². The summed E-state index contributed by atoms with van der Waals surface area (Å²) >= 11 is 0. The van der Waals surface area contributed by atoms with Gasteiger partial charge in [0, 0.05) is 24.3 Å². The predicted octanol–water partition coefficient (Wildman–Crippen LogP) is 2.13. The van der Waals surface area contributed by atoms with E-state index in [1.54, 1.807) is 36.4 Å². The Kier molecular flexibility index (Phi) is 5.81. The highest BCUT2D eigenvalue weighted by atomic mass is 32.2. The van der Waals surface area contributed by atoms with Crippen molar-refractivity contribution in [1.29, 1.82) is 0 Å². The van der Waals surface area contributed by atoms with Crippen LogP contribution in [0.2, 0.25) is 0 Å². The van der Waals surface area contributed by atoms with Crippen molar-refractivity contribution in [2.24, 2.45) is 11.7 Å². The van der Waals surface area contributed by atoms with Gasteiger partial charge in [-0.1, -0.05) is 17.7 Å². The number of rotatable bonds is 5. The molecule has 2 aromatic rings. The van der Waals surface area contributed by atoms with Crippen LogP contribution < -0.4 is 11.1 Å². The Morgan fingerprint density at radius 3 is 2.32 bits per heavy atom. The maximum absolute atomic E-state index is 12.9. The summed E-state index contributed by atoms with van der Waals surface area (Å²) in [7, 11) is -3.63. The molecule has 1 fully saturated rings. The van der Waals surface area contributed by atoms with E-state index in [2.05, 4.69) is 5.32 Å². The Morgan fingerprint density at radius 1 is 1.07 bits per heavy atom. The second-order valence-corrected chi connectivity index (χ2v) is 8.88. The smallest absolute Gasteiger partial charge is 0.248 e. The number of sulfonamides is 1. The van der Waals surface area contributed by atoms with Crippen LogP contribution >= 0.6 is 0 Å². The normalized spacial score (nSPS) is 17.8. The number of carbonyl (C=O) groups excluding carboxylic acids is 2. The summed E-state index contributed by atoms with van der Waals surface area (Å²) in [6, 6.07) is 13.0. The van der Waals surface area contributed by atoms with E-state index < -0.39 is 21.8 Å². The lowest BCUT2D eigenvalue weighted by Crippen LogP contribution is -2.43. The highest BCUT2D eigenvalue weighted by Crippen LogP contribution is 2.25. The molecule has 3 N–H and O–H groups in total. The van der Waals surface area contributed by atoms with Gasteiger partial charge in [0.15, 0.2) is 0 Å². The van der Waals surface area contributed by atoms with Crippen LogP contribution in [0, 0.1) is 12.8 Å². The number of benzene rings is 2. The minimum atomic E-state index is -3.63. The van der Waals surface area contributed by atoms with Crippen molar-refractivity contribution >= 4 is 27.5 Å². The Morgan fingerprint density at radius 2 is 1.71 bits per heavy atom. The van der Waals surface area contributed by atoms with Gasteiger partial charge >= 0.3 is 0 Å². The van der Waals surface area contributed by atoms with Crippen LogP contribution in [-0.4, -0.2) is 37.6 Å². The number of carbonyl (C=O) groups is 2. The molecule has 0 aliphatic carbocycles. The van der Waals surface area contributed by atoms with Crippen molar-refractivity contribution in [1.82, 2.24) is 4.31 Å². The van der Waals surface area contributed by atoms with Gasteiger partial charge in [0.2, 0.25) is 21.8 Å². The number of nitrogens with zero attached hydrogens (tertiary/aromatic N) is 1. The summed E-state index contributed by atoms with van der Waals surface area (Å²) in [5.41, 5.74) is 7.08. The van der Waals surface area contributed by atoms with Gasteiger partial charge in [0.25, 0.3) is 0 Å². The molecule has 1 aliphatic rings. The van der Waals surface area contributed by atoms with E-state index in [0.717, 1.165) is 5.56 Å². The third kappa shape index (κ3) is 4.40. The minimum absolute atomic E-state index is 0.140. The van der Waals surface area contributed by atoms with Crippen LogP contribution in [0.1, 0.15) is 28.8 Å². The largest absolute Gasteiger partial charge is 0.366 e. The van der Waals surface area contributed by atoms with Crippen molar-refractivity contribution in [2.45, 2.75) is 24.7 Å². The molecular weight excluding hydrogens is 378 g/mol. The average Bonchev–Trinajstić information content (AvgIpc) is 2.69. The lowest BCUT2D eigenvalue weighted by atomic mass is 9.98. The molecule has 1 aliphatic heterocycles. The Bertz CT molecular complexity index is 970. The zero-order valence-corrected chi connectivity index (χ0v) is 16.4. The molecule has 7 nitrogen and oxygen atoms in total. The zero-order chi connectivity index (χ0) is 20.3. The highest BCUT2D eigenvalue weighted by molar-refractivity contribution is 7.89. The third-order valence-corrected chi connectivity index (χ3v) is 6.73.